The fourth-order valence-electron chi connectivity index (χ4n) is 1.95. The number of hydrogen-bond donors (Lipinski definition) is 1. The van der Waals surface area contributed by atoms with Crippen LogP contribution in [0.3, 0.4) is 0 Å². The van der Waals surface area contributed by atoms with E-state index in [0.717, 1.165) is 6.42 Å². The van der Waals surface area contributed by atoms with Crippen LogP contribution in [0.1, 0.15) is 26.2 Å². The van der Waals surface area contributed by atoms with E-state index >= 15 is 0 Å². The smallest absolute Gasteiger partial charge is 0.433 e. The fourth-order valence-corrected chi connectivity index (χ4v) is 1.95. The van der Waals surface area contributed by atoms with Crippen molar-refractivity contribution in [3.63, 3.8) is 0 Å². The minimum atomic E-state index is -0.671. The summed E-state index contributed by atoms with van der Waals surface area (Å²) < 4.78 is 10.7. The molecular weight excluding hydrogens is 184 g/mol. The standard InChI is InChI=1S/C9H14N2O3/c1-2-6-5-9(3-4-13-6)7(10)11-8(12)14-9/h6H,2-5H2,1H3,(H2,10,11,12). The lowest BCUT2D eigenvalue weighted by Gasteiger charge is -2.35. The Kier molecular flexibility index (Phi) is 2.19. The van der Waals surface area contributed by atoms with Crippen LogP contribution in [0.5, 0.6) is 0 Å². The Balaban J connectivity index is 2.16. The first-order chi connectivity index (χ1) is 6.66. The summed E-state index contributed by atoms with van der Waals surface area (Å²) in [5.74, 6) is 0.309. The zero-order valence-corrected chi connectivity index (χ0v) is 8.16. The second-order valence-electron chi connectivity index (χ2n) is 3.71. The van der Waals surface area contributed by atoms with Crippen molar-refractivity contribution in [1.82, 2.24) is 0 Å². The van der Waals surface area contributed by atoms with E-state index in [1.807, 2.05) is 6.92 Å². The second kappa shape index (κ2) is 3.24. The third-order valence-corrected chi connectivity index (χ3v) is 2.83. The molecule has 0 aromatic heterocycles. The Morgan fingerprint density at radius 1 is 1.71 bits per heavy atom. The number of hydrogen-bond acceptors (Lipinski definition) is 4. The Hall–Kier alpha value is -1.10. The van der Waals surface area contributed by atoms with E-state index in [2.05, 4.69) is 4.99 Å². The fraction of sp³-hybridized carbons (Fsp3) is 0.778. The van der Waals surface area contributed by atoms with Crippen molar-refractivity contribution < 1.29 is 14.3 Å². The van der Waals surface area contributed by atoms with Gasteiger partial charge in [-0.2, -0.15) is 4.99 Å². The van der Waals surface area contributed by atoms with E-state index in [-0.39, 0.29) is 6.10 Å². The lowest BCUT2D eigenvalue weighted by Crippen LogP contribution is -2.49. The number of amidine groups is 1. The number of nitrogens with two attached hydrogens (primary N) is 1. The lowest BCUT2D eigenvalue weighted by atomic mass is 9.88. The number of carbonyl (C=O) groups excluding carboxylic acids is 1. The second-order valence-corrected chi connectivity index (χ2v) is 3.71. The average Bonchev–Trinajstić information content (AvgIpc) is 2.42. The quantitative estimate of drug-likeness (QED) is 0.677. The van der Waals surface area contributed by atoms with Crippen molar-refractivity contribution in [1.29, 1.82) is 0 Å². The monoisotopic (exact) mass is 198 g/mol. The molecule has 5 heteroatoms. The van der Waals surface area contributed by atoms with Gasteiger partial charge < -0.3 is 15.2 Å². The molecule has 5 nitrogen and oxygen atoms in total. The number of carbonyl (C=O) groups is 1. The normalized spacial score (nSPS) is 37.1. The molecule has 14 heavy (non-hydrogen) atoms. The molecule has 2 N–H and O–H groups in total. The van der Waals surface area contributed by atoms with Crippen LogP contribution >= 0.6 is 0 Å². The minimum Gasteiger partial charge on any atom is -0.433 e. The van der Waals surface area contributed by atoms with Gasteiger partial charge in [-0.15, -0.1) is 0 Å². The summed E-state index contributed by atoms with van der Waals surface area (Å²) >= 11 is 0. The molecule has 0 radical (unpaired) electrons. The molecular formula is C9H14N2O3. The van der Waals surface area contributed by atoms with Gasteiger partial charge >= 0.3 is 6.09 Å². The molecule has 2 unspecified atom stereocenters. The SMILES string of the molecule is CCC1CC2(CCO1)OC(=O)N=C2N. The summed E-state index contributed by atoms with van der Waals surface area (Å²) in [5, 5.41) is 0. The highest BCUT2D eigenvalue weighted by molar-refractivity contribution is 6.02. The summed E-state index contributed by atoms with van der Waals surface area (Å²) in [5.41, 5.74) is 5.03. The number of ether oxygens (including phenoxy) is 2. The summed E-state index contributed by atoms with van der Waals surface area (Å²) in [6, 6.07) is 0. The number of rotatable bonds is 1. The van der Waals surface area contributed by atoms with Crippen LogP contribution in [0, 0.1) is 0 Å². The maximum Gasteiger partial charge on any atom is 0.436 e. The van der Waals surface area contributed by atoms with Gasteiger partial charge in [-0.25, -0.2) is 4.79 Å². The van der Waals surface area contributed by atoms with Gasteiger partial charge in [0.15, 0.2) is 11.4 Å². The molecule has 1 fully saturated rings. The predicted molar refractivity (Wildman–Crippen MR) is 50.1 cm³/mol. The number of aliphatic imine (C=N–C) groups is 1. The first-order valence-electron chi connectivity index (χ1n) is 4.85. The van der Waals surface area contributed by atoms with E-state index in [1.165, 1.54) is 0 Å². The van der Waals surface area contributed by atoms with Crippen LogP contribution in [0.2, 0.25) is 0 Å². The predicted octanol–water partition coefficient (Wildman–Crippen LogP) is 0.822. The molecule has 1 amide bonds. The Morgan fingerprint density at radius 2 is 2.50 bits per heavy atom. The van der Waals surface area contributed by atoms with Crippen LogP contribution < -0.4 is 5.73 Å². The molecule has 2 aliphatic heterocycles. The third-order valence-electron chi connectivity index (χ3n) is 2.83. The Morgan fingerprint density at radius 3 is 3.07 bits per heavy atom. The molecule has 0 saturated carbocycles. The molecule has 2 atom stereocenters. The molecule has 2 heterocycles. The highest BCUT2D eigenvalue weighted by Gasteiger charge is 2.47. The molecule has 78 valence electrons. The minimum absolute atomic E-state index is 0.114. The summed E-state index contributed by atoms with van der Waals surface area (Å²) in [6.07, 6.45) is 1.68. The molecule has 1 saturated heterocycles. The highest BCUT2D eigenvalue weighted by atomic mass is 16.6. The first kappa shape index (κ1) is 9.45. The summed E-state index contributed by atoms with van der Waals surface area (Å²) in [7, 11) is 0. The van der Waals surface area contributed by atoms with Gasteiger partial charge in [-0.3, -0.25) is 0 Å². The van der Waals surface area contributed by atoms with Crippen molar-refractivity contribution >= 4 is 11.9 Å². The topological polar surface area (TPSA) is 73.9 Å². The van der Waals surface area contributed by atoms with Gasteiger partial charge in [0.05, 0.1) is 12.7 Å². The van der Waals surface area contributed by atoms with Crippen molar-refractivity contribution in [2.45, 2.75) is 37.9 Å². The van der Waals surface area contributed by atoms with Gasteiger partial charge in [0, 0.05) is 12.8 Å². The molecule has 1 spiro atoms. The molecule has 2 aliphatic rings. The van der Waals surface area contributed by atoms with Gasteiger partial charge in [0.1, 0.15) is 0 Å². The molecule has 2 rings (SSSR count). The van der Waals surface area contributed by atoms with Crippen molar-refractivity contribution in [3.8, 4) is 0 Å². The van der Waals surface area contributed by atoms with Crippen molar-refractivity contribution in [3.05, 3.63) is 0 Å². The van der Waals surface area contributed by atoms with Crippen LogP contribution in [0.4, 0.5) is 4.79 Å². The maximum absolute atomic E-state index is 11.0. The molecule has 0 bridgehead atoms. The van der Waals surface area contributed by atoms with Crippen molar-refractivity contribution in [2.75, 3.05) is 6.61 Å². The first-order valence-corrected chi connectivity index (χ1v) is 4.85. The maximum atomic E-state index is 11.0. The largest absolute Gasteiger partial charge is 0.436 e. The van der Waals surface area contributed by atoms with Crippen molar-refractivity contribution in [2.24, 2.45) is 10.7 Å². The van der Waals surface area contributed by atoms with Gasteiger partial charge in [0.25, 0.3) is 0 Å². The molecule has 0 aromatic carbocycles. The van der Waals surface area contributed by atoms with Crippen LogP contribution in [0.25, 0.3) is 0 Å². The number of nitrogens with zero attached hydrogens (tertiary/aromatic N) is 1. The zero-order chi connectivity index (χ0) is 10.2. The molecule has 0 aliphatic carbocycles. The van der Waals surface area contributed by atoms with E-state index in [0.29, 0.717) is 25.3 Å². The van der Waals surface area contributed by atoms with Crippen LogP contribution in [-0.4, -0.2) is 30.2 Å². The van der Waals surface area contributed by atoms with E-state index in [1.54, 1.807) is 0 Å². The lowest BCUT2D eigenvalue weighted by molar-refractivity contribution is -0.0681. The van der Waals surface area contributed by atoms with Crippen LogP contribution in [0.15, 0.2) is 4.99 Å². The summed E-state index contributed by atoms with van der Waals surface area (Å²) in [6.45, 7) is 2.61. The van der Waals surface area contributed by atoms with E-state index in [9.17, 15) is 4.79 Å². The van der Waals surface area contributed by atoms with Gasteiger partial charge in [-0.1, -0.05) is 6.92 Å². The van der Waals surface area contributed by atoms with Crippen LogP contribution in [-0.2, 0) is 9.47 Å². The highest BCUT2D eigenvalue weighted by Crippen LogP contribution is 2.33. The average molecular weight is 198 g/mol. The Labute approximate surface area is 82.3 Å². The zero-order valence-electron chi connectivity index (χ0n) is 8.16. The molecule has 0 aromatic rings. The summed E-state index contributed by atoms with van der Waals surface area (Å²) in [4.78, 5) is 14.6. The van der Waals surface area contributed by atoms with Gasteiger partial charge in [0.2, 0.25) is 0 Å². The Bertz CT molecular complexity index is 290. The van der Waals surface area contributed by atoms with E-state index in [4.69, 9.17) is 15.2 Å². The van der Waals surface area contributed by atoms with Gasteiger partial charge in [-0.05, 0) is 6.42 Å². The van der Waals surface area contributed by atoms with E-state index < -0.39 is 11.7 Å². The number of amides is 1. The third kappa shape index (κ3) is 1.37.